The van der Waals surface area contributed by atoms with Crippen LogP contribution < -0.4 is 10.9 Å². The summed E-state index contributed by atoms with van der Waals surface area (Å²) in [4.78, 5) is 29.9. The number of rotatable bonds is 5. The molecule has 4 aliphatic carbocycles. The van der Waals surface area contributed by atoms with Crippen LogP contribution in [0.5, 0.6) is 0 Å². The van der Waals surface area contributed by atoms with Crippen molar-refractivity contribution in [2.75, 3.05) is 6.61 Å². The zero-order valence-electron chi connectivity index (χ0n) is 18.6. The zero-order valence-corrected chi connectivity index (χ0v) is 18.6. The fourth-order valence-electron chi connectivity index (χ4n) is 6.80. The van der Waals surface area contributed by atoms with Crippen LogP contribution in [-0.4, -0.2) is 17.7 Å². The van der Waals surface area contributed by atoms with Gasteiger partial charge in [0, 0.05) is 5.41 Å². The number of nitrogens with zero attached hydrogens (tertiary/aromatic N) is 1. The third-order valence-corrected chi connectivity index (χ3v) is 7.76. The number of fused-ring (bicyclic) bond motifs is 1. The fraction of sp³-hybridized carbons (Fsp3) is 0.640. The van der Waals surface area contributed by atoms with Crippen LogP contribution in [0.1, 0.15) is 69.9 Å². The van der Waals surface area contributed by atoms with Crippen molar-refractivity contribution < 1.29 is 13.9 Å². The number of carbonyl (C=O) groups is 1. The lowest BCUT2D eigenvalue weighted by Crippen LogP contribution is -2.49. The van der Waals surface area contributed by atoms with Gasteiger partial charge in [-0.25, -0.2) is 14.6 Å². The average molecular weight is 425 g/mol. The number of aromatic nitrogens is 1. The Bertz CT molecular complexity index is 1020. The van der Waals surface area contributed by atoms with Crippen LogP contribution >= 0.6 is 0 Å². The Morgan fingerprint density at radius 3 is 2.45 bits per heavy atom. The molecule has 1 N–H and O–H groups in total. The van der Waals surface area contributed by atoms with Gasteiger partial charge >= 0.3 is 11.7 Å². The molecule has 1 heterocycles. The highest BCUT2D eigenvalue weighted by Crippen LogP contribution is 2.60. The quantitative estimate of drug-likeness (QED) is 0.719. The summed E-state index contributed by atoms with van der Waals surface area (Å²) < 4.78 is 11.3. The van der Waals surface area contributed by atoms with Crippen molar-refractivity contribution in [1.29, 1.82) is 0 Å². The molecule has 1 amide bonds. The highest BCUT2D eigenvalue weighted by molar-refractivity contribution is 5.80. The molecular formula is C25H32N2O4. The van der Waals surface area contributed by atoms with Gasteiger partial charge in [0.05, 0.1) is 17.5 Å². The monoisotopic (exact) mass is 424 g/mol. The van der Waals surface area contributed by atoms with Crippen LogP contribution in [0, 0.1) is 36.0 Å². The number of ether oxygens (including phenoxy) is 1. The highest BCUT2D eigenvalue weighted by atomic mass is 16.5. The summed E-state index contributed by atoms with van der Waals surface area (Å²) in [5.74, 6) is 2.68. The molecule has 166 valence electrons. The van der Waals surface area contributed by atoms with Crippen LogP contribution in [0.3, 0.4) is 0 Å². The maximum absolute atomic E-state index is 12.7. The molecule has 4 aliphatic rings. The van der Waals surface area contributed by atoms with Crippen molar-refractivity contribution in [2.45, 2.75) is 65.3 Å². The molecule has 6 heteroatoms. The van der Waals surface area contributed by atoms with Crippen molar-refractivity contribution in [2.24, 2.45) is 29.1 Å². The van der Waals surface area contributed by atoms with Gasteiger partial charge in [0.2, 0.25) is 5.89 Å². The van der Waals surface area contributed by atoms with E-state index in [-0.39, 0.29) is 17.2 Å². The Labute approximate surface area is 182 Å². The summed E-state index contributed by atoms with van der Waals surface area (Å²) in [6.45, 7) is 6.28. The van der Waals surface area contributed by atoms with Crippen molar-refractivity contribution in [3.05, 3.63) is 40.1 Å². The Morgan fingerprint density at radius 2 is 1.84 bits per heavy atom. The molecule has 4 fully saturated rings. The predicted molar refractivity (Wildman–Crippen MR) is 118 cm³/mol. The Kier molecular flexibility index (Phi) is 5.06. The van der Waals surface area contributed by atoms with Crippen molar-refractivity contribution in [3.8, 4) is 0 Å². The van der Waals surface area contributed by atoms with Gasteiger partial charge < -0.3 is 14.5 Å². The number of aryl methyl sites for hydroxylation is 1. The molecule has 1 aromatic carbocycles. The van der Waals surface area contributed by atoms with E-state index < -0.39 is 17.8 Å². The van der Waals surface area contributed by atoms with Crippen molar-refractivity contribution in [1.82, 2.24) is 10.3 Å². The number of carbonyl (C=O) groups excluding carboxylic acids is 1. The van der Waals surface area contributed by atoms with Gasteiger partial charge in [0.1, 0.15) is 6.04 Å². The van der Waals surface area contributed by atoms with Crippen molar-refractivity contribution in [3.63, 3.8) is 0 Å². The van der Waals surface area contributed by atoms with E-state index in [1.165, 1.54) is 38.5 Å². The second kappa shape index (κ2) is 7.64. The minimum absolute atomic E-state index is 0.00925. The lowest BCUT2D eigenvalue weighted by molar-refractivity contribution is -0.0823. The molecule has 0 radical (unpaired) electrons. The van der Waals surface area contributed by atoms with E-state index in [9.17, 15) is 9.59 Å². The van der Waals surface area contributed by atoms with Gasteiger partial charge in [-0.1, -0.05) is 26.0 Å². The predicted octanol–water partition coefficient (Wildman–Crippen LogP) is 5.14. The summed E-state index contributed by atoms with van der Waals surface area (Å²) in [6.07, 6.45) is 7.23. The van der Waals surface area contributed by atoms with Crippen LogP contribution in [0.4, 0.5) is 4.79 Å². The molecule has 6 rings (SSSR count). The SMILES string of the molecule is Cc1cccc2nc(C(NC(=O)OCC34CC5CC(CC(C5)C3)C4)C(C)C)oc(=O)c12. The maximum atomic E-state index is 12.7. The molecular weight excluding hydrogens is 392 g/mol. The van der Waals surface area contributed by atoms with E-state index >= 15 is 0 Å². The minimum atomic E-state index is -0.526. The van der Waals surface area contributed by atoms with Gasteiger partial charge in [-0.2, -0.15) is 0 Å². The number of hydrogen-bond donors (Lipinski definition) is 1. The van der Waals surface area contributed by atoms with E-state index in [4.69, 9.17) is 9.15 Å². The standard InChI is InChI=1S/C25H32N2O4/c1-14(2)21(22-26-19-6-4-5-15(3)20(19)23(28)31-22)27-24(29)30-13-25-10-16-7-17(11-25)9-18(8-16)12-25/h4-6,14,16-18,21H,7-13H2,1-3H3,(H,27,29). The van der Waals surface area contributed by atoms with E-state index in [1.54, 1.807) is 6.07 Å². The first-order valence-corrected chi connectivity index (χ1v) is 11.7. The van der Waals surface area contributed by atoms with Crippen LogP contribution in [0.25, 0.3) is 10.9 Å². The molecule has 4 bridgehead atoms. The van der Waals surface area contributed by atoms with Crippen molar-refractivity contribution >= 4 is 17.0 Å². The number of nitrogens with one attached hydrogen (secondary N) is 1. The molecule has 6 nitrogen and oxygen atoms in total. The molecule has 4 saturated carbocycles. The smallest absolute Gasteiger partial charge is 0.407 e. The highest BCUT2D eigenvalue weighted by Gasteiger charge is 2.51. The summed E-state index contributed by atoms with van der Waals surface area (Å²) >= 11 is 0. The summed E-state index contributed by atoms with van der Waals surface area (Å²) in [6, 6.07) is 5.00. The molecule has 1 unspecified atom stereocenters. The molecule has 0 aliphatic heterocycles. The number of alkyl carbamates (subject to hydrolysis) is 1. The number of benzene rings is 1. The van der Waals surface area contributed by atoms with Gasteiger partial charge in [-0.3, -0.25) is 0 Å². The number of amides is 1. The lowest BCUT2D eigenvalue weighted by Gasteiger charge is -2.56. The van der Waals surface area contributed by atoms with Gasteiger partial charge in [0.15, 0.2) is 0 Å². The largest absolute Gasteiger partial charge is 0.449 e. The zero-order chi connectivity index (χ0) is 21.8. The Hall–Kier alpha value is -2.37. The topological polar surface area (TPSA) is 81.4 Å². The first-order chi connectivity index (χ1) is 14.8. The second-order valence-corrected chi connectivity index (χ2v) is 10.7. The third kappa shape index (κ3) is 3.85. The lowest BCUT2D eigenvalue weighted by atomic mass is 9.50. The molecule has 31 heavy (non-hydrogen) atoms. The van der Waals surface area contributed by atoms with E-state index in [0.717, 1.165) is 23.3 Å². The summed E-state index contributed by atoms with van der Waals surface area (Å²) in [5.41, 5.74) is 1.16. The van der Waals surface area contributed by atoms with Crippen LogP contribution in [0.2, 0.25) is 0 Å². The Morgan fingerprint density at radius 1 is 1.19 bits per heavy atom. The van der Waals surface area contributed by atoms with Gasteiger partial charge in [0.25, 0.3) is 0 Å². The fourth-order valence-corrected chi connectivity index (χ4v) is 6.80. The molecule has 2 aromatic rings. The van der Waals surface area contributed by atoms with Crippen LogP contribution in [-0.2, 0) is 4.74 Å². The minimum Gasteiger partial charge on any atom is -0.449 e. The molecule has 1 aromatic heterocycles. The van der Waals surface area contributed by atoms with E-state index in [1.807, 2.05) is 32.9 Å². The Balaban J connectivity index is 1.30. The number of hydrogen-bond acceptors (Lipinski definition) is 5. The first kappa shape index (κ1) is 20.5. The maximum Gasteiger partial charge on any atom is 0.407 e. The van der Waals surface area contributed by atoms with Crippen LogP contribution in [0.15, 0.2) is 27.4 Å². The average Bonchev–Trinajstić information content (AvgIpc) is 2.69. The van der Waals surface area contributed by atoms with Gasteiger partial charge in [-0.05, 0) is 80.8 Å². The summed E-state index contributed by atoms with van der Waals surface area (Å²) in [5, 5.41) is 3.40. The molecule has 0 spiro atoms. The first-order valence-electron chi connectivity index (χ1n) is 11.7. The summed E-state index contributed by atoms with van der Waals surface area (Å²) in [7, 11) is 0. The third-order valence-electron chi connectivity index (χ3n) is 7.76. The van der Waals surface area contributed by atoms with E-state index in [2.05, 4.69) is 10.3 Å². The second-order valence-electron chi connectivity index (χ2n) is 10.7. The molecule has 0 saturated heterocycles. The van der Waals surface area contributed by atoms with Gasteiger partial charge in [-0.15, -0.1) is 0 Å². The van der Waals surface area contributed by atoms with E-state index in [0.29, 0.717) is 17.5 Å². The normalized spacial score (nSPS) is 30.0. The molecule has 1 atom stereocenters.